The van der Waals surface area contributed by atoms with E-state index in [1.807, 2.05) is 0 Å². The Balaban J connectivity index is 1.56. The van der Waals surface area contributed by atoms with Crippen LogP contribution in [0, 0.1) is 5.82 Å². The maximum atomic E-state index is 14.1. The quantitative estimate of drug-likeness (QED) is 0.328. The molecule has 4 rings (SSSR count). The number of carbonyl (C=O) groups is 2. The first kappa shape index (κ1) is 26.3. The zero-order valence-electron chi connectivity index (χ0n) is 20.0. The number of aromatic nitrogens is 4. The van der Waals surface area contributed by atoms with E-state index in [9.17, 15) is 27.2 Å². The third-order valence-corrected chi connectivity index (χ3v) is 5.18. The molecular formula is C24H20F4N6O4. The number of hydrogen-bond donors (Lipinski definition) is 2. The van der Waals surface area contributed by atoms with E-state index >= 15 is 0 Å². The molecule has 0 saturated heterocycles. The van der Waals surface area contributed by atoms with Crippen LogP contribution in [0.1, 0.15) is 29.3 Å². The van der Waals surface area contributed by atoms with Crippen molar-refractivity contribution in [3.8, 4) is 22.9 Å². The second-order valence-corrected chi connectivity index (χ2v) is 7.81. The smallest absolute Gasteiger partial charge is 0.480 e. The Morgan fingerprint density at radius 2 is 1.92 bits per heavy atom. The zero-order chi connectivity index (χ0) is 27.4. The Morgan fingerprint density at radius 1 is 1.13 bits per heavy atom. The summed E-state index contributed by atoms with van der Waals surface area (Å²) in [4.78, 5) is 32.9. The maximum absolute atomic E-state index is 14.1. The minimum absolute atomic E-state index is 0.0171. The van der Waals surface area contributed by atoms with Gasteiger partial charge in [0.25, 0.3) is 5.91 Å². The molecule has 0 aliphatic heterocycles. The van der Waals surface area contributed by atoms with E-state index in [1.54, 1.807) is 19.1 Å². The van der Waals surface area contributed by atoms with Crippen molar-refractivity contribution in [2.45, 2.75) is 26.3 Å². The number of methoxy groups -OCH3 is 1. The van der Waals surface area contributed by atoms with Gasteiger partial charge in [-0.15, -0.1) is 13.2 Å². The first-order chi connectivity index (χ1) is 18.1. The minimum Gasteiger partial charge on any atom is -0.480 e. The molecule has 0 radical (unpaired) electrons. The van der Waals surface area contributed by atoms with Crippen LogP contribution in [0.3, 0.4) is 0 Å². The molecule has 0 unspecified atom stereocenters. The molecule has 14 heteroatoms. The fraction of sp³-hybridized carbons (Fsp3) is 0.208. The summed E-state index contributed by atoms with van der Waals surface area (Å²) in [5.41, 5.74) is 1.07. The molecule has 0 aliphatic carbocycles. The maximum Gasteiger partial charge on any atom is 0.573 e. The SMILES string of the molecule is CCC(=O)Nc1cn2nc(-c3cnc(OC)c(C(=O)NCc4cc(OC(F)(F)F)ccc4F)c3)ccc2n1. The number of amides is 2. The molecule has 4 aromatic rings. The summed E-state index contributed by atoms with van der Waals surface area (Å²) in [6.07, 6.45) is -1.70. The van der Waals surface area contributed by atoms with Gasteiger partial charge in [-0.1, -0.05) is 6.92 Å². The van der Waals surface area contributed by atoms with E-state index in [4.69, 9.17) is 4.74 Å². The summed E-state index contributed by atoms with van der Waals surface area (Å²) in [7, 11) is 1.30. The fourth-order valence-electron chi connectivity index (χ4n) is 3.40. The molecule has 0 spiro atoms. The predicted octanol–water partition coefficient (Wildman–Crippen LogP) is 4.12. The van der Waals surface area contributed by atoms with Crippen LogP contribution in [0.25, 0.3) is 16.9 Å². The summed E-state index contributed by atoms with van der Waals surface area (Å²) >= 11 is 0. The van der Waals surface area contributed by atoms with Crippen LogP contribution in [0.4, 0.5) is 23.4 Å². The number of rotatable bonds is 8. The van der Waals surface area contributed by atoms with E-state index in [0.29, 0.717) is 22.7 Å². The van der Waals surface area contributed by atoms with E-state index in [0.717, 1.165) is 18.2 Å². The average Bonchev–Trinajstić information content (AvgIpc) is 3.28. The monoisotopic (exact) mass is 532 g/mol. The summed E-state index contributed by atoms with van der Waals surface area (Å²) in [5, 5.41) is 9.52. The van der Waals surface area contributed by atoms with E-state index in [2.05, 4.69) is 30.4 Å². The van der Waals surface area contributed by atoms with Crippen LogP contribution in [-0.2, 0) is 11.3 Å². The lowest BCUT2D eigenvalue weighted by Gasteiger charge is -2.13. The third kappa shape index (κ3) is 6.14. The van der Waals surface area contributed by atoms with Crippen LogP contribution >= 0.6 is 0 Å². The predicted molar refractivity (Wildman–Crippen MR) is 126 cm³/mol. The molecule has 0 fully saturated rings. The summed E-state index contributed by atoms with van der Waals surface area (Å²) < 4.78 is 62.0. The summed E-state index contributed by atoms with van der Waals surface area (Å²) in [6.45, 7) is 1.28. The first-order valence-corrected chi connectivity index (χ1v) is 11.1. The molecule has 38 heavy (non-hydrogen) atoms. The van der Waals surface area contributed by atoms with Crippen molar-refractivity contribution >= 4 is 23.3 Å². The number of pyridine rings is 1. The highest BCUT2D eigenvalue weighted by molar-refractivity contribution is 5.97. The van der Waals surface area contributed by atoms with Gasteiger partial charge in [0.1, 0.15) is 17.1 Å². The van der Waals surface area contributed by atoms with Gasteiger partial charge in [-0.3, -0.25) is 9.59 Å². The molecule has 0 atom stereocenters. The number of hydrogen-bond acceptors (Lipinski definition) is 7. The van der Waals surface area contributed by atoms with Crippen molar-refractivity contribution in [2.24, 2.45) is 0 Å². The summed E-state index contributed by atoms with van der Waals surface area (Å²) in [6, 6.07) is 7.23. The Kier molecular flexibility index (Phi) is 7.41. The second kappa shape index (κ2) is 10.7. The largest absolute Gasteiger partial charge is 0.573 e. The first-order valence-electron chi connectivity index (χ1n) is 11.1. The van der Waals surface area contributed by atoms with Gasteiger partial charge in [-0.05, 0) is 36.4 Å². The van der Waals surface area contributed by atoms with Gasteiger partial charge in [-0.25, -0.2) is 18.9 Å². The molecule has 10 nitrogen and oxygen atoms in total. The van der Waals surface area contributed by atoms with E-state index in [1.165, 1.54) is 30.1 Å². The lowest BCUT2D eigenvalue weighted by molar-refractivity contribution is -0.274. The molecule has 2 N–H and O–H groups in total. The second-order valence-electron chi connectivity index (χ2n) is 7.81. The highest BCUT2D eigenvalue weighted by Gasteiger charge is 2.31. The molecule has 0 aliphatic rings. The van der Waals surface area contributed by atoms with Crippen molar-refractivity contribution in [1.82, 2.24) is 24.9 Å². The molecule has 1 aromatic carbocycles. The number of nitrogens with one attached hydrogen (secondary N) is 2. The Hall–Kier alpha value is -4.75. The molecular weight excluding hydrogens is 512 g/mol. The number of carbonyl (C=O) groups excluding carboxylic acids is 2. The zero-order valence-corrected chi connectivity index (χ0v) is 20.0. The van der Waals surface area contributed by atoms with Crippen molar-refractivity contribution in [3.63, 3.8) is 0 Å². The van der Waals surface area contributed by atoms with Gasteiger partial charge in [0, 0.05) is 30.3 Å². The number of alkyl halides is 3. The molecule has 3 heterocycles. The van der Waals surface area contributed by atoms with Crippen LogP contribution in [-0.4, -0.2) is 44.9 Å². The number of fused-ring (bicyclic) bond motifs is 1. The van der Waals surface area contributed by atoms with Crippen LogP contribution in [0.15, 0.2) is 48.8 Å². The van der Waals surface area contributed by atoms with Crippen LogP contribution in [0.5, 0.6) is 11.6 Å². The standard InChI is InChI=1S/C24H20F4N6O4/c1-3-21(35)32-19-12-34-20(31-19)7-6-18(33-34)14-9-16(23(37-2)30-11-14)22(36)29-10-13-8-15(4-5-17(13)25)38-24(26,27)28/h4-9,11-12H,3,10H2,1-2H3,(H,29,36)(H,32,35). The molecule has 198 valence electrons. The number of nitrogens with zero attached hydrogens (tertiary/aromatic N) is 4. The van der Waals surface area contributed by atoms with Crippen molar-refractivity contribution in [1.29, 1.82) is 0 Å². The Labute approximate surface area is 212 Å². The van der Waals surface area contributed by atoms with Gasteiger partial charge in [0.2, 0.25) is 11.8 Å². The Bertz CT molecular complexity index is 1510. The number of halogens is 4. The van der Waals surface area contributed by atoms with Gasteiger partial charge in [0.05, 0.1) is 19.0 Å². The summed E-state index contributed by atoms with van der Waals surface area (Å²) in [5.74, 6) is -2.08. The average molecular weight is 532 g/mol. The van der Waals surface area contributed by atoms with E-state index in [-0.39, 0.29) is 29.3 Å². The normalized spacial score (nSPS) is 11.3. The topological polar surface area (TPSA) is 120 Å². The van der Waals surface area contributed by atoms with Crippen LogP contribution < -0.4 is 20.1 Å². The molecule has 0 bridgehead atoms. The van der Waals surface area contributed by atoms with Crippen molar-refractivity contribution in [3.05, 3.63) is 65.7 Å². The minimum atomic E-state index is -4.95. The molecule has 2 amide bonds. The number of benzene rings is 1. The fourth-order valence-corrected chi connectivity index (χ4v) is 3.40. The molecule has 3 aromatic heterocycles. The Morgan fingerprint density at radius 3 is 2.63 bits per heavy atom. The van der Waals surface area contributed by atoms with Gasteiger partial charge < -0.3 is 20.1 Å². The van der Waals surface area contributed by atoms with Gasteiger partial charge in [-0.2, -0.15) is 5.10 Å². The number of ether oxygens (including phenoxy) is 2. The highest BCUT2D eigenvalue weighted by atomic mass is 19.4. The van der Waals surface area contributed by atoms with Crippen LogP contribution in [0.2, 0.25) is 0 Å². The van der Waals surface area contributed by atoms with Crippen molar-refractivity contribution in [2.75, 3.05) is 12.4 Å². The van der Waals surface area contributed by atoms with Crippen molar-refractivity contribution < 1.29 is 36.6 Å². The molecule has 0 saturated carbocycles. The lowest BCUT2D eigenvalue weighted by atomic mass is 10.1. The number of imidazole rings is 1. The van der Waals surface area contributed by atoms with Gasteiger partial charge in [0.15, 0.2) is 11.5 Å². The highest BCUT2D eigenvalue weighted by Crippen LogP contribution is 2.26. The van der Waals surface area contributed by atoms with Gasteiger partial charge >= 0.3 is 6.36 Å². The third-order valence-electron chi connectivity index (χ3n) is 5.18. The lowest BCUT2D eigenvalue weighted by Crippen LogP contribution is -2.24. The van der Waals surface area contributed by atoms with E-state index < -0.39 is 30.4 Å². The number of anilines is 1.